The molecule has 0 spiro atoms. The predicted octanol–water partition coefficient (Wildman–Crippen LogP) is 4.52. The number of methoxy groups -OCH3 is 2. The van der Waals surface area contributed by atoms with E-state index in [0.29, 0.717) is 28.3 Å². The molecule has 3 aromatic rings. The second-order valence-electron chi connectivity index (χ2n) is 6.37. The minimum atomic E-state index is -0.331. The number of rotatable bonds is 6. The molecule has 29 heavy (non-hydrogen) atoms. The van der Waals surface area contributed by atoms with Gasteiger partial charge in [0.05, 0.1) is 14.2 Å². The second kappa shape index (κ2) is 8.93. The second-order valence-corrected chi connectivity index (χ2v) is 6.37. The number of para-hydroxylation sites is 1. The van der Waals surface area contributed by atoms with Gasteiger partial charge in [-0.25, -0.2) is 0 Å². The zero-order valence-electron chi connectivity index (χ0n) is 16.5. The predicted molar refractivity (Wildman–Crippen MR) is 113 cm³/mol. The number of carbonyl (C=O) groups excluding carboxylic acids is 2. The number of anilines is 2. The Morgan fingerprint density at radius 3 is 2.03 bits per heavy atom. The first-order chi connectivity index (χ1) is 14.0. The van der Waals surface area contributed by atoms with E-state index in [-0.39, 0.29) is 11.8 Å². The largest absolute Gasteiger partial charge is 0.493 e. The Labute approximate surface area is 169 Å². The molecule has 0 bridgehead atoms. The molecule has 2 amide bonds. The molecule has 6 heteroatoms. The molecule has 0 fully saturated rings. The minimum Gasteiger partial charge on any atom is -0.493 e. The molecule has 148 valence electrons. The van der Waals surface area contributed by atoms with Crippen molar-refractivity contribution in [3.63, 3.8) is 0 Å². The summed E-state index contributed by atoms with van der Waals surface area (Å²) >= 11 is 0. The average Bonchev–Trinajstić information content (AvgIpc) is 2.75. The number of ether oxygens (including phenoxy) is 2. The van der Waals surface area contributed by atoms with Gasteiger partial charge in [0.2, 0.25) is 0 Å². The van der Waals surface area contributed by atoms with Crippen molar-refractivity contribution in [2.45, 2.75) is 6.92 Å². The fourth-order valence-corrected chi connectivity index (χ4v) is 2.83. The topological polar surface area (TPSA) is 76.7 Å². The molecule has 3 rings (SSSR count). The van der Waals surface area contributed by atoms with E-state index in [0.717, 1.165) is 11.3 Å². The van der Waals surface area contributed by atoms with Crippen LogP contribution in [0.3, 0.4) is 0 Å². The lowest BCUT2D eigenvalue weighted by atomic mass is 10.1. The molecular formula is C23H22N2O4. The maximum absolute atomic E-state index is 12.6. The third-order valence-electron chi connectivity index (χ3n) is 4.42. The van der Waals surface area contributed by atoms with Gasteiger partial charge in [-0.1, -0.05) is 24.3 Å². The Hall–Kier alpha value is -3.80. The van der Waals surface area contributed by atoms with Crippen LogP contribution in [0.4, 0.5) is 11.4 Å². The summed E-state index contributed by atoms with van der Waals surface area (Å²) in [5.41, 5.74) is 3.02. The molecule has 2 N–H and O–H groups in total. The van der Waals surface area contributed by atoms with Crippen LogP contribution >= 0.6 is 0 Å². The first-order valence-corrected chi connectivity index (χ1v) is 9.02. The van der Waals surface area contributed by atoms with Gasteiger partial charge < -0.3 is 20.1 Å². The van der Waals surface area contributed by atoms with E-state index in [1.807, 2.05) is 31.2 Å². The lowest BCUT2D eigenvalue weighted by molar-refractivity contribution is 0.102. The van der Waals surface area contributed by atoms with E-state index in [1.165, 1.54) is 7.11 Å². The number of carbonyl (C=O) groups is 2. The van der Waals surface area contributed by atoms with Crippen molar-refractivity contribution in [3.05, 3.63) is 83.4 Å². The molecule has 0 aliphatic rings. The van der Waals surface area contributed by atoms with E-state index in [9.17, 15) is 9.59 Å². The summed E-state index contributed by atoms with van der Waals surface area (Å²) in [6, 6.07) is 19.2. The van der Waals surface area contributed by atoms with Crippen LogP contribution in [0.25, 0.3) is 0 Å². The summed E-state index contributed by atoms with van der Waals surface area (Å²) in [6.45, 7) is 1.92. The summed E-state index contributed by atoms with van der Waals surface area (Å²) in [6.07, 6.45) is 0. The van der Waals surface area contributed by atoms with E-state index < -0.39 is 0 Å². The Morgan fingerprint density at radius 2 is 1.38 bits per heavy atom. The van der Waals surface area contributed by atoms with Crippen LogP contribution < -0.4 is 20.1 Å². The number of amides is 2. The van der Waals surface area contributed by atoms with E-state index >= 15 is 0 Å². The molecule has 0 saturated carbocycles. The van der Waals surface area contributed by atoms with Gasteiger partial charge in [-0.3, -0.25) is 9.59 Å². The van der Waals surface area contributed by atoms with Gasteiger partial charge in [0.1, 0.15) is 0 Å². The SMILES string of the molecule is COc1ccc(NC(=O)c2cccc(C(=O)Nc3ccccc3C)c2)cc1OC. The highest BCUT2D eigenvalue weighted by Gasteiger charge is 2.13. The normalized spacial score (nSPS) is 10.2. The Kier molecular flexibility index (Phi) is 6.14. The lowest BCUT2D eigenvalue weighted by Gasteiger charge is -2.11. The van der Waals surface area contributed by atoms with Gasteiger partial charge in [-0.05, 0) is 48.9 Å². The minimum absolute atomic E-state index is 0.278. The van der Waals surface area contributed by atoms with Crippen LogP contribution in [-0.4, -0.2) is 26.0 Å². The van der Waals surface area contributed by atoms with Crippen molar-refractivity contribution in [2.75, 3.05) is 24.9 Å². The van der Waals surface area contributed by atoms with Crippen molar-refractivity contribution in [1.29, 1.82) is 0 Å². The first-order valence-electron chi connectivity index (χ1n) is 9.02. The molecule has 0 aliphatic carbocycles. The van der Waals surface area contributed by atoms with Crippen molar-refractivity contribution in [3.8, 4) is 11.5 Å². The number of nitrogens with one attached hydrogen (secondary N) is 2. The summed E-state index contributed by atoms with van der Waals surface area (Å²) in [7, 11) is 3.07. The Balaban J connectivity index is 1.76. The first kappa shape index (κ1) is 19.9. The van der Waals surface area contributed by atoms with E-state index in [1.54, 1.807) is 49.6 Å². The van der Waals surface area contributed by atoms with Gasteiger partial charge >= 0.3 is 0 Å². The maximum atomic E-state index is 12.6. The van der Waals surface area contributed by atoms with Crippen LogP contribution in [0.5, 0.6) is 11.5 Å². The quantitative estimate of drug-likeness (QED) is 0.649. The van der Waals surface area contributed by atoms with Crippen molar-refractivity contribution in [1.82, 2.24) is 0 Å². The highest BCUT2D eigenvalue weighted by Crippen LogP contribution is 2.30. The highest BCUT2D eigenvalue weighted by molar-refractivity contribution is 6.09. The van der Waals surface area contributed by atoms with Crippen LogP contribution in [0, 0.1) is 6.92 Å². The Bertz CT molecular complexity index is 1050. The van der Waals surface area contributed by atoms with Crippen molar-refractivity contribution >= 4 is 23.2 Å². The molecule has 0 aliphatic heterocycles. The van der Waals surface area contributed by atoms with Crippen LogP contribution in [-0.2, 0) is 0 Å². The molecule has 0 unspecified atom stereocenters. The number of aryl methyl sites for hydroxylation is 1. The average molecular weight is 390 g/mol. The Morgan fingerprint density at radius 1 is 0.724 bits per heavy atom. The van der Waals surface area contributed by atoms with Gasteiger partial charge in [0.25, 0.3) is 11.8 Å². The highest BCUT2D eigenvalue weighted by atomic mass is 16.5. The summed E-state index contributed by atoms with van der Waals surface area (Å²) < 4.78 is 10.4. The molecule has 0 atom stereocenters. The number of hydrogen-bond acceptors (Lipinski definition) is 4. The van der Waals surface area contributed by atoms with Crippen LogP contribution in [0.15, 0.2) is 66.7 Å². The fourth-order valence-electron chi connectivity index (χ4n) is 2.83. The van der Waals surface area contributed by atoms with Crippen LogP contribution in [0.1, 0.15) is 26.3 Å². The van der Waals surface area contributed by atoms with Gasteiger partial charge in [0.15, 0.2) is 11.5 Å². The summed E-state index contributed by atoms with van der Waals surface area (Å²) in [5, 5.41) is 5.67. The zero-order chi connectivity index (χ0) is 20.8. The molecule has 0 aromatic heterocycles. The molecule has 6 nitrogen and oxygen atoms in total. The van der Waals surface area contributed by atoms with E-state index in [2.05, 4.69) is 10.6 Å². The van der Waals surface area contributed by atoms with Crippen LogP contribution in [0.2, 0.25) is 0 Å². The van der Waals surface area contributed by atoms with Crippen molar-refractivity contribution in [2.24, 2.45) is 0 Å². The smallest absolute Gasteiger partial charge is 0.255 e. The standard InChI is InChI=1S/C23H22N2O4/c1-15-7-4-5-10-19(15)25-23(27)17-9-6-8-16(13-17)22(26)24-18-11-12-20(28-2)21(14-18)29-3/h4-14H,1-3H3,(H,24,26)(H,25,27). The molecule has 0 radical (unpaired) electrons. The molecule has 3 aromatic carbocycles. The number of benzene rings is 3. The van der Waals surface area contributed by atoms with Crippen molar-refractivity contribution < 1.29 is 19.1 Å². The fraction of sp³-hybridized carbons (Fsp3) is 0.130. The number of hydrogen-bond donors (Lipinski definition) is 2. The molecule has 0 heterocycles. The third-order valence-corrected chi connectivity index (χ3v) is 4.42. The lowest BCUT2D eigenvalue weighted by Crippen LogP contribution is -2.16. The van der Waals surface area contributed by atoms with Gasteiger partial charge in [-0.15, -0.1) is 0 Å². The molecular weight excluding hydrogens is 368 g/mol. The van der Waals surface area contributed by atoms with E-state index in [4.69, 9.17) is 9.47 Å². The van der Waals surface area contributed by atoms with Gasteiger partial charge in [-0.2, -0.15) is 0 Å². The maximum Gasteiger partial charge on any atom is 0.255 e. The zero-order valence-corrected chi connectivity index (χ0v) is 16.5. The molecule has 0 saturated heterocycles. The summed E-state index contributed by atoms with van der Waals surface area (Å²) in [5.74, 6) is 0.472. The van der Waals surface area contributed by atoms with Gasteiger partial charge in [0, 0.05) is 28.6 Å². The monoisotopic (exact) mass is 390 g/mol. The third kappa shape index (κ3) is 4.73. The summed E-state index contributed by atoms with van der Waals surface area (Å²) in [4.78, 5) is 25.2.